The van der Waals surface area contributed by atoms with Crippen molar-refractivity contribution in [3.05, 3.63) is 41.5 Å². The van der Waals surface area contributed by atoms with Gasteiger partial charge in [-0.25, -0.2) is 0 Å². The molecule has 134 valence electrons. The van der Waals surface area contributed by atoms with Crippen molar-refractivity contribution < 1.29 is 14.1 Å². The molecule has 1 saturated heterocycles. The summed E-state index contributed by atoms with van der Waals surface area (Å²) in [6.07, 6.45) is 2.22. The second-order valence-corrected chi connectivity index (χ2v) is 7.46. The average Bonchev–Trinajstić information content (AvgIpc) is 2.83. The summed E-state index contributed by atoms with van der Waals surface area (Å²) in [4.78, 5) is 16.6. The first kappa shape index (κ1) is 18.4. The fourth-order valence-corrected chi connectivity index (χ4v) is 2.70. The van der Waals surface area contributed by atoms with Crippen LogP contribution >= 0.6 is 0 Å². The van der Waals surface area contributed by atoms with Crippen molar-refractivity contribution >= 4 is 24.3 Å². The number of carbonyl (C=O) groups excluding carboxylic acids is 1. The third-order valence-corrected chi connectivity index (χ3v) is 5.06. The van der Waals surface area contributed by atoms with Gasteiger partial charge >= 0.3 is 7.12 Å². The third-order valence-electron chi connectivity index (χ3n) is 5.06. The molecule has 3 rings (SSSR count). The molecule has 0 aromatic heterocycles. The van der Waals surface area contributed by atoms with Crippen molar-refractivity contribution in [1.82, 2.24) is 5.32 Å². The maximum atomic E-state index is 12.4. The Hall–Kier alpha value is -2.43. The van der Waals surface area contributed by atoms with Gasteiger partial charge in [0.25, 0.3) is 5.91 Å². The molecule has 0 bridgehead atoms. The first-order chi connectivity index (χ1) is 12.2. The van der Waals surface area contributed by atoms with Crippen LogP contribution in [0.2, 0.25) is 0 Å². The molecule has 1 fully saturated rings. The number of amides is 1. The molecule has 0 unspecified atom stereocenters. The summed E-state index contributed by atoms with van der Waals surface area (Å²) in [6.45, 7) is 8.52. The van der Waals surface area contributed by atoms with Crippen LogP contribution in [-0.4, -0.2) is 36.6 Å². The average molecular weight is 351 g/mol. The van der Waals surface area contributed by atoms with Crippen LogP contribution in [0.1, 0.15) is 44.5 Å². The highest BCUT2D eigenvalue weighted by Crippen LogP contribution is 2.36. The van der Waals surface area contributed by atoms with Crippen molar-refractivity contribution in [2.45, 2.75) is 45.3 Å². The van der Waals surface area contributed by atoms with Crippen LogP contribution in [0.5, 0.6) is 0 Å². The number of nitrogens with zero attached hydrogens (tertiary/aromatic N) is 2. The molecule has 0 atom stereocenters. The van der Waals surface area contributed by atoms with Gasteiger partial charge in [0.1, 0.15) is 5.84 Å². The first-order valence-corrected chi connectivity index (χ1v) is 8.64. The highest BCUT2D eigenvalue weighted by molar-refractivity contribution is 6.62. The summed E-state index contributed by atoms with van der Waals surface area (Å²) >= 11 is 0. The van der Waals surface area contributed by atoms with Gasteiger partial charge in [-0.05, 0) is 51.4 Å². The minimum atomic E-state index is -0.457. The molecular weight excluding hydrogens is 329 g/mol. The number of carbonyl (C=O) groups is 1. The molecule has 2 aliphatic heterocycles. The van der Waals surface area contributed by atoms with Gasteiger partial charge < -0.3 is 14.6 Å². The zero-order valence-corrected chi connectivity index (χ0v) is 15.5. The van der Waals surface area contributed by atoms with Crippen molar-refractivity contribution in [1.29, 1.82) is 5.26 Å². The number of hydrogen-bond acceptors (Lipinski definition) is 5. The maximum Gasteiger partial charge on any atom is 0.494 e. The van der Waals surface area contributed by atoms with Crippen LogP contribution in [0.4, 0.5) is 0 Å². The Bertz CT molecular complexity index is 803. The highest BCUT2D eigenvalue weighted by atomic mass is 16.7. The van der Waals surface area contributed by atoms with E-state index < -0.39 is 18.3 Å². The second kappa shape index (κ2) is 6.71. The van der Waals surface area contributed by atoms with Crippen molar-refractivity contribution in [3.8, 4) is 6.07 Å². The number of nitriles is 1. The SMILES string of the molecule is CC1(C)OB(c2ccc(C(=O)NC3=NCCC(C#N)=C3)cc2)OC1(C)C. The molecule has 0 spiro atoms. The lowest BCUT2D eigenvalue weighted by atomic mass is 9.79. The van der Waals surface area contributed by atoms with E-state index in [9.17, 15) is 4.79 Å². The molecule has 2 aliphatic rings. The van der Waals surface area contributed by atoms with E-state index in [2.05, 4.69) is 16.4 Å². The number of dihydropyridines is 1. The molecule has 0 saturated carbocycles. The van der Waals surface area contributed by atoms with Gasteiger partial charge in [-0.15, -0.1) is 0 Å². The predicted octanol–water partition coefficient (Wildman–Crippen LogP) is 1.97. The van der Waals surface area contributed by atoms with Crippen LogP contribution in [0.3, 0.4) is 0 Å². The van der Waals surface area contributed by atoms with E-state index in [1.165, 1.54) is 0 Å². The Labute approximate surface area is 154 Å². The molecule has 0 aliphatic carbocycles. The van der Waals surface area contributed by atoms with Crippen molar-refractivity contribution in [3.63, 3.8) is 0 Å². The molecule has 1 amide bonds. The number of amidine groups is 1. The summed E-state index contributed by atoms with van der Waals surface area (Å²) in [7, 11) is -0.457. The topological polar surface area (TPSA) is 83.7 Å². The normalized spacial score (nSPS) is 20.8. The van der Waals surface area contributed by atoms with Crippen molar-refractivity contribution in [2.24, 2.45) is 4.99 Å². The molecule has 0 radical (unpaired) electrons. The largest absolute Gasteiger partial charge is 0.494 e. The summed E-state index contributed by atoms with van der Waals surface area (Å²) in [5.74, 6) is 0.160. The van der Waals surface area contributed by atoms with Crippen LogP contribution in [-0.2, 0) is 9.31 Å². The zero-order chi connectivity index (χ0) is 18.9. The lowest BCUT2D eigenvalue weighted by molar-refractivity contribution is 0.00578. The Morgan fingerprint density at radius 1 is 1.19 bits per heavy atom. The van der Waals surface area contributed by atoms with Gasteiger partial charge in [-0.1, -0.05) is 12.1 Å². The van der Waals surface area contributed by atoms with Crippen LogP contribution in [0.25, 0.3) is 0 Å². The van der Waals surface area contributed by atoms with E-state index in [0.717, 1.165) is 5.46 Å². The minimum Gasteiger partial charge on any atom is -0.399 e. The molecule has 1 aromatic carbocycles. The molecule has 6 nitrogen and oxygen atoms in total. The van der Waals surface area contributed by atoms with Crippen LogP contribution in [0, 0.1) is 11.3 Å². The summed E-state index contributed by atoms with van der Waals surface area (Å²) in [5.41, 5.74) is 1.17. The van der Waals surface area contributed by atoms with E-state index >= 15 is 0 Å². The van der Waals surface area contributed by atoms with Gasteiger partial charge in [-0.3, -0.25) is 9.79 Å². The van der Waals surface area contributed by atoms with E-state index in [0.29, 0.717) is 29.9 Å². The first-order valence-electron chi connectivity index (χ1n) is 8.64. The fourth-order valence-electron chi connectivity index (χ4n) is 2.70. The zero-order valence-electron chi connectivity index (χ0n) is 15.5. The number of hydrogen-bond donors (Lipinski definition) is 1. The molecule has 2 heterocycles. The van der Waals surface area contributed by atoms with Crippen LogP contribution in [0.15, 0.2) is 40.9 Å². The Balaban J connectivity index is 1.69. The van der Waals surface area contributed by atoms with Crippen molar-refractivity contribution in [2.75, 3.05) is 6.54 Å². The van der Waals surface area contributed by atoms with Gasteiger partial charge in [0.2, 0.25) is 0 Å². The third kappa shape index (κ3) is 3.57. The summed E-state index contributed by atoms with van der Waals surface area (Å²) in [5, 5.41) is 11.7. The molecule has 26 heavy (non-hydrogen) atoms. The van der Waals surface area contributed by atoms with E-state index in [-0.39, 0.29) is 5.91 Å². The Morgan fingerprint density at radius 2 is 1.81 bits per heavy atom. The summed E-state index contributed by atoms with van der Waals surface area (Å²) in [6, 6.07) is 9.22. The lowest BCUT2D eigenvalue weighted by Crippen LogP contribution is -2.41. The fraction of sp³-hybridized carbons (Fsp3) is 0.421. The Kier molecular flexibility index (Phi) is 4.74. The molecule has 1 aromatic rings. The second-order valence-electron chi connectivity index (χ2n) is 7.46. The molecule has 1 N–H and O–H groups in total. The highest BCUT2D eigenvalue weighted by Gasteiger charge is 2.51. The molecular formula is C19H22BN3O3. The molecule has 7 heteroatoms. The summed E-state index contributed by atoms with van der Waals surface area (Å²) < 4.78 is 12.0. The van der Waals surface area contributed by atoms with E-state index in [1.807, 2.05) is 39.8 Å². The van der Waals surface area contributed by atoms with Crippen LogP contribution < -0.4 is 10.8 Å². The van der Waals surface area contributed by atoms with Gasteiger partial charge in [0.05, 0.1) is 17.3 Å². The predicted molar refractivity (Wildman–Crippen MR) is 100 cm³/mol. The lowest BCUT2D eigenvalue weighted by Gasteiger charge is -2.32. The smallest absolute Gasteiger partial charge is 0.399 e. The standard InChI is InChI=1S/C19H22BN3O3/c1-18(2)19(3,4)26-20(25-18)15-7-5-14(6-8-15)17(24)23-16-11-13(12-21)9-10-22-16/h5-8,11H,9-10H2,1-4H3,(H,22,23,24). The van der Waals surface area contributed by atoms with E-state index in [4.69, 9.17) is 14.6 Å². The number of benzene rings is 1. The van der Waals surface area contributed by atoms with E-state index in [1.54, 1.807) is 18.2 Å². The maximum absolute atomic E-state index is 12.4. The Morgan fingerprint density at radius 3 is 2.38 bits per heavy atom. The monoisotopic (exact) mass is 351 g/mol. The number of nitrogens with one attached hydrogen (secondary N) is 1. The quantitative estimate of drug-likeness (QED) is 0.826. The number of aliphatic imine (C=N–C) groups is 1. The van der Waals surface area contributed by atoms with Gasteiger partial charge in [0, 0.05) is 24.1 Å². The van der Waals surface area contributed by atoms with Gasteiger partial charge in [-0.2, -0.15) is 5.26 Å². The minimum absolute atomic E-state index is 0.264. The number of rotatable bonds is 2. The van der Waals surface area contributed by atoms with Gasteiger partial charge in [0.15, 0.2) is 0 Å².